The van der Waals surface area contributed by atoms with E-state index in [1.54, 1.807) is 24.1 Å². The Morgan fingerprint density at radius 1 is 1.23 bits per heavy atom. The molecule has 1 aromatic carbocycles. The number of likely N-dealkylation sites (tertiary alicyclic amines) is 1. The summed E-state index contributed by atoms with van der Waals surface area (Å²) in [5.41, 5.74) is 0.836. The monoisotopic (exact) mass is 362 g/mol. The first-order valence-corrected chi connectivity index (χ1v) is 8.53. The van der Waals surface area contributed by atoms with E-state index < -0.39 is 17.7 Å². The summed E-state index contributed by atoms with van der Waals surface area (Å²) in [5, 5.41) is 0. The van der Waals surface area contributed by atoms with Gasteiger partial charge in [0.1, 0.15) is 5.82 Å². The largest absolute Gasteiger partial charge is 0.478 e. The van der Waals surface area contributed by atoms with Crippen molar-refractivity contribution in [3.8, 4) is 5.75 Å². The Labute approximate surface area is 149 Å². The highest BCUT2D eigenvalue weighted by Gasteiger charge is 2.28. The maximum Gasteiger partial charge on any atom is 0.263 e. The van der Waals surface area contributed by atoms with Gasteiger partial charge in [0.05, 0.1) is 0 Å². The number of amides is 1. The fourth-order valence-electron chi connectivity index (χ4n) is 3.22. The molecule has 1 N–H and O–H groups in total. The summed E-state index contributed by atoms with van der Waals surface area (Å²) in [6.07, 6.45) is 2.24. The van der Waals surface area contributed by atoms with Crippen LogP contribution in [0.4, 0.5) is 8.78 Å². The van der Waals surface area contributed by atoms with Crippen LogP contribution >= 0.6 is 0 Å². The average molecular weight is 362 g/mol. The molecule has 0 radical (unpaired) electrons. The number of pyridine rings is 1. The molecule has 2 aromatic rings. The minimum absolute atomic E-state index is 0.135. The van der Waals surface area contributed by atoms with Gasteiger partial charge in [-0.3, -0.25) is 9.59 Å². The number of H-pyrrole nitrogens is 1. The van der Waals surface area contributed by atoms with Gasteiger partial charge < -0.3 is 14.6 Å². The number of ether oxygens (including phenoxy) is 1. The number of carbonyl (C=O) groups is 1. The van der Waals surface area contributed by atoms with E-state index in [0.29, 0.717) is 13.1 Å². The van der Waals surface area contributed by atoms with Crippen LogP contribution in [-0.2, 0) is 4.79 Å². The van der Waals surface area contributed by atoms with Crippen LogP contribution in [0.2, 0.25) is 0 Å². The molecule has 1 aromatic heterocycles. The van der Waals surface area contributed by atoms with Crippen molar-refractivity contribution >= 4 is 5.91 Å². The Bertz CT molecular complexity index is 845. The van der Waals surface area contributed by atoms with E-state index in [1.165, 1.54) is 6.07 Å². The summed E-state index contributed by atoms with van der Waals surface area (Å²) in [7, 11) is 0. The molecule has 0 spiro atoms. The SMILES string of the molecule is CC(Oc1ccc(F)cc1F)C(=O)N1CCC(c2cc[nH]c(=O)c2)CC1. The van der Waals surface area contributed by atoms with Crippen LogP contribution < -0.4 is 10.3 Å². The first-order valence-electron chi connectivity index (χ1n) is 8.53. The topological polar surface area (TPSA) is 62.4 Å². The number of halogens is 2. The maximum absolute atomic E-state index is 13.7. The van der Waals surface area contributed by atoms with E-state index in [9.17, 15) is 18.4 Å². The van der Waals surface area contributed by atoms with Crippen LogP contribution in [0.25, 0.3) is 0 Å². The van der Waals surface area contributed by atoms with E-state index in [-0.39, 0.29) is 23.1 Å². The molecule has 7 heteroatoms. The minimum atomic E-state index is -0.869. The highest BCUT2D eigenvalue weighted by atomic mass is 19.1. The molecule has 1 atom stereocenters. The van der Waals surface area contributed by atoms with Crippen molar-refractivity contribution in [1.29, 1.82) is 0 Å². The van der Waals surface area contributed by atoms with Gasteiger partial charge in [0.2, 0.25) is 5.56 Å². The minimum Gasteiger partial charge on any atom is -0.478 e. The standard InChI is InChI=1S/C19H20F2N2O3/c1-12(26-17-3-2-15(20)11-16(17)21)19(25)23-8-5-13(6-9-23)14-4-7-22-18(24)10-14/h2-4,7,10-13H,5-6,8-9H2,1H3,(H,22,24). The van der Waals surface area contributed by atoms with Crippen LogP contribution in [-0.4, -0.2) is 35.0 Å². The summed E-state index contributed by atoms with van der Waals surface area (Å²) < 4.78 is 32.0. The summed E-state index contributed by atoms with van der Waals surface area (Å²) in [6, 6.07) is 6.45. The number of rotatable bonds is 4. The van der Waals surface area contributed by atoms with E-state index in [1.807, 2.05) is 6.07 Å². The number of aromatic nitrogens is 1. The van der Waals surface area contributed by atoms with Gasteiger partial charge in [0.25, 0.3) is 5.91 Å². The molecular formula is C19H20F2N2O3. The lowest BCUT2D eigenvalue weighted by atomic mass is 9.90. The third-order valence-corrected chi connectivity index (χ3v) is 4.62. The van der Waals surface area contributed by atoms with Gasteiger partial charge in [-0.1, -0.05) is 0 Å². The molecular weight excluding hydrogens is 342 g/mol. The average Bonchev–Trinajstić information content (AvgIpc) is 2.63. The van der Waals surface area contributed by atoms with Gasteiger partial charge in [0.15, 0.2) is 17.7 Å². The second kappa shape index (κ2) is 7.68. The highest BCUT2D eigenvalue weighted by Crippen LogP contribution is 2.27. The van der Waals surface area contributed by atoms with Gasteiger partial charge in [-0.2, -0.15) is 0 Å². The molecule has 1 amide bonds. The van der Waals surface area contributed by atoms with Crippen LogP contribution in [0.5, 0.6) is 5.75 Å². The Balaban J connectivity index is 1.58. The van der Waals surface area contributed by atoms with Crippen LogP contribution in [0.3, 0.4) is 0 Å². The first-order chi connectivity index (χ1) is 12.4. The van der Waals surface area contributed by atoms with Gasteiger partial charge in [-0.05, 0) is 49.4 Å². The molecule has 5 nitrogen and oxygen atoms in total. The third-order valence-electron chi connectivity index (χ3n) is 4.62. The number of hydrogen-bond donors (Lipinski definition) is 1. The third kappa shape index (κ3) is 4.09. The number of nitrogens with one attached hydrogen (secondary N) is 1. The van der Waals surface area contributed by atoms with E-state index in [0.717, 1.165) is 30.5 Å². The molecule has 0 aliphatic carbocycles. The lowest BCUT2D eigenvalue weighted by Gasteiger charge is -2.33. The van der Waals surface area contributed by atoms with Crippen LogP contribution in [0.1, 0.15) is 31.2 Å². The molecule has 1 fully saturated rings. The highest BCUT2D eigenvalue weighted by molar-refractivity contribution is 5.81. The Morgan fingerprint density at radius 2 is 1.96 bits per heavy atom. The van der Waals surface area contributed by atoms with Crippen molar-refractivity contribution in [3.05, 3.63) is 64.1 Å². The quantitative estimate of drug-likeness (QED) is 0.910. The predicted molar refractivity (Wildman–Crippen MR) is 92.1 cm³/mol. The zero-order valence-electron chi connectivity index (χ0n) is 14.4. The molecule has 26 heavy (non-hydrogen) atoms. The summed E-state index contributed by atoms with van der Waals surface area (Å²) in [4.78, 5) is 28.2. The second-order valence-electron chi connectivity index (χ2n) is 6.42. The first kappa shape index (κ1) is 18.1. The van der Waals surface area contributed by atoms with Crippen molar-refractivity contribution in [1.82, 2.24) is 9.88 Å². The molecule has 3 rings (SSSR count). The summed E-state index contributed by atoms with van der Waals surface area (Å²) in [6.45, 7) is 2.62. The summed E-state index contributed by atoms with van der Waals surface area (Å²) in [5.74, 6) is -1.69. The smallest absolute Gasteiger partial charge is 0.263 e. The normalized spacial score (nSPS) is 16.3. The Morgan fingerprint density at radius 3 is 2.62 bits per heavy atom. The maximum atomic E-state index is 13.7. The number of carbonyl (C=O) groups excluding carboxylic acids is 1. The zero-order valence-corrected chi connectivity index (χ0v) is 14.4. The molecule has 1 unspecified atom stereocenters. The predicted octanol–water partition coefficient (Wildman–Crippen LogP) is 2.83. The number of nitrogens with zero attached hydrogens (tertiary/aromatic N) is 1. The van der Waals surface area contributed by atoms with Crippen molar-refractivity contribution in [2.45, 2.75) is 31.8 Å². The van der Waals surface area contributed by atoms with Gasteiger partial charge in [-0.25, -0.2) is 8.78 Å². The fraction of sp³-hybridized carbons (Fsp3) is 0.368. The van der Waals surface area contributed by atoms with Crippen LogP contribution in [0, 0.1) is 11.6 Å². The number of piperidine rings is 1. The second-order valence-corrected chi connectivity index (χ2v) is 6.42. The van der Waals surface area contributed by atoms with E-state index >= 15 is 0 Å². The molecule has 1 saturated heterocycles. The Hall–Kier alpha value is -2.70. The van der Waals surface area contributed by atoms with Crippen molar-refractivity contribution in [2.75, 3.05) is 13.1 Å². The lowest BCUT2D eigenvalue weighted by Crippen LogP contribution is -2.44. The molecule has 0 saturated carbocycles. The number of benzene rings is 1. The van der Waals surface area contributed by atoms with Gasteiger partial charge >= 0.3 is 0 Å². The van der Waals surface area contributed by atoms with Gasteiger partial charge in [0, 0.05) is 31.4 Å². The van der Waals surface area contributed by atoms with Crippen molar-refractivity contribution in [3.63, 3.8) is 0 Å². The zero-order chi connectivity index (χ0) is 18.7. The Kier molecular flexibility index (Phi) is 5.35. The lowest BCUT2D eigenvalue weighted by molar-refractivity contribution is -0.139. The summed E-state index contributed by atoms with van der Waals surface area (Å²) >= 11 is 0. The van der Waals surface area contributed by atoms with Crippen molar-refractivity contribution < 1.29 is 18.3 Å². The molecule has 0 bridgehead atoms. The fourth-order valence-corrected chi connectivity index (χ4v) is 3.22. The number of hydrogen-bond acceptors (Lipinski definition) is 3. The van der Waals surface area contributed by atoms with Gasteiger partial charge in [-0.15, -0.1) is 0 Å². The van der Waals surface area contributed by atoms with E-state index in [2.05, 4.69) is 4.98 Å². The number of aromatic amines is 1. The van der Waals surface area contributed by atoms with Crippen molar-refractivity contribution in [2.24, 2.45) is 0 Å². The molecule has 2 heterocycles. The van der Waals surface area contributed by atoms with Crippen LogP contribution in [0.15, 0.2) is 41.3 Å². The molecule has 1 aliphatic rings. The molecule has 1 aliphatic heterocycles. The molecule has 138 valence electrons. The van der Waals surface area contributed by atoms with E-state index in [4.69, 9.17) is 4.74 Å².